The summed E-state index contributed by atoms with van der Waals surface area (Å²) in [7, 11) is 1.96. The second-order valence-electron chi connectivity index (χ2n) is 6.61. The Balaban J connectivity index is 1.96. The Bertz CT molecular complexity index is 1250. The van der Waals surface area contributed by atoms with Crippen molar-refractivity contribution in [3.05, 3.63) is 87.6 Å². The topological polar surface area (TPSA) is 45.8 Å². The number of para-hydroxylation sites is 1. The van der Waals surface area contributed by atoms with Crippen LogP contribution in [0.2, 0.25) is 0 Å². The quantitative estimate of drug-likeness (QED) is 0.247. The van der Waals surface area contributed by atoms with Crippen LogP contribution in [0, 0.1) is 18.3 Å². The summed E-state index contributed by atoms with van der Waals surface area (Å²) in [6.45, 7) is 2.01. The molecule has 0 unspecified atom stereocenters. The molecule has 0 radical (unpaired) electrons. The molecule has 0 bridgehead atoms. The minimum atomic E-state index is -0.246. The number of rotatable bonds is 4. The average molecular weight is 382 g/mol. The van der Waals surface area contributed by atoms with Gasteiger partial charge in [0.25, 0.3) is 0 Å². The van der Waals surface area contributed by atoms with Gasteiger partial charge in [0, 0.05) is 27.7 Å². The van der Waals surface area contributed by atoms with Gasteiger partial charge in [0.05, 0.1) is 11.3 Å². The Morgan fingerprint density at radius 1 is 1.04 bits per heavy atom. The third-order valence-corrected chi connectivity index (χ3v) is 5.74. The van der Waals surface area contributed by atoms with Crippen LogP contribution in [0.3, 0.4) is 0 Å². The number of thiophene rings is 1. The first kappa shape index (κ1) is 18.0. The molecule has 0 atom stereocenters. The van der Waals surface area contributed by atoms with Crippen molar-refractivity contribution in [3.63, 3.8) is 0 Å². The highest BCUT2D eigenvalue weighted by molar-refractivity contribution is 7.12. The number of benzene rings is 2. The van der Waals surface area contributed by atoms with Crippen LogP contribution in [0.1, 0.15) is 20.1 Å². The lowest BCUT2D eigenvalue weighted by Crippen LogP contribution is -2.04. The fourth-order valence-corrected chi connectivity index (χ4v) is 4.33. The number of ketones is 1. The molecular weight excluding hydrogens is 364 g/mol. The van der Waals surface area contributed by atoms with E-state index in [0.717, 1.165) is 31.9 Å². The SMILES string of the molecule is Cc1ccc(/C=C(\C#N)C(=O)c2c(-c3ccccc3)n(C)c3ccccc23)s1. The van der Waals surface area contributed by atoms with E-state index < -0.39 is 0 Å². The number of Topliss-reactive ketones (excluding diaryl/α,β-unsaturated/α-hetero) is 1. The Labute approximate surface area is 167 Å². The third-order valence-electron chi connectivity index (χ3n) is 4.79. The third kappa shape index (κ3) is 3.06. The maximum absolute atomic E-state index is 13.5. The molecule has 4 rings (SSSR count). The van der Waals surface area contributed by atoms with Crippen molar-refractivity contribution in [2.75, 3.05) is 0 Å². The summed E-state index contributed by atoms with van der Waals surface area (Å²) in [6.07, 6.45) is 1.69. The van der Waals surface area contributed by atoms with Gasteiger partial charge >= 0.3 is 0 Å². The summed E-state index contributed by atoms with van der Waals surface area (Å²) in [5.41, 5.74) is 3.47. The predicted molar refractivity (Wildman–Crippen MR) is 115 cm³/mol. The van der Waals surface area contributed by atoms with Crippen molar-refractivity contribution >= 4 is 34.1 Å². The zero-order valence-electron chi connectivity index (χ0n) is 15.6. The van der Waals surface area contributed by atoms with Gasteiger partial charge in [-0.3, -0.25) is 4.79 Å². The van der Waals surface area contributed by atoms with E-state index in [0.29, 0.717) is 5.56 Å². The standard InChI is InChI=1S/C24H18N2OS/c1-16-12-13-19(28-16)14-18(15-25)24(27)22-20-10-6-7-11-21(20)26(2)23(22)17-8-4-3-5-9-17/h3-14H,1-2H3/b18-14+. The average Bonchev–Trinajstić information content (AvgIpc) is 3.27. The van der Waals surface area contributed by atoms with E-state index >= 15 is 0 Å². The lowest BCUT2D eigenvalue weighted by molar-refractivity contribution is 0.104. The molecule has 3 nitrogen and oxygen atoms in total. The molecule has 2 heterocycles. The number of aryl methyl sites for hydroxylation is 2. The lowest BCUT2D eigenvalue weighted by atomic mass is 9.97. The van der Waals surface area contributed by atoms with Gasteiger partial charge in [0.1, 0.15) is 11.6 Å². The number of hydrogen-bond acceptors (Lipinski definition) is 3. The highest BCUT2D eigenvalue weighted by Crippen LogP contribution is 2.35. The molecule has 0 aliphatic carbocycles. The van der Waals surface area contributed by atoms with Gasteiger partial charge in [0.2, 0.25) is 5.78 Å². The van der Waals surface area contributed by atoms with Crippen molar-refractivity contribution in [2.24, 2.45) is 7.05 Å². The highest BCUT2D eigenvalue weighted by Gasteiger charge is 2.24. The second kappa shape index (κ2) is 7.30. The molecule has 0 aliphatic heterocycles. The second-order valence-corrected chi connectivity index (χ2v) is 7.93. The van der Waals surface area contributed by atoms with Crippen LogP contribution in [0.5, 0.6) is 0 Å². The van der Waals surface area contributed by atoms with E-state index in [1.165, 1.54) is 0 Å². The zero-order valence-corrected chi connectivity index (χ0v) is 16.5. The molecule has 4 aromatic rings. The molecule has 2 aromatic heterocycles. The van der Waals surface area contributed by atoms with Crippen molar-refractivity contribution in [2.45, 2.75) is 6.92 Å². The molecule has 2 aromatic carbocycles. The number of carbonyl (C=O) groups is 1. The van der Waals surface area contributed by atoms with Crippen molar-refractivity contribution in [1.29, 1.82) is 5.26 Å². The molecule has 0 saturated carbocycles. The number of aromatic nitrogens is 1. The Hall–Kier alpha value is -3.42. The van der Waals surface area contributed by atoms with Crippen LogP contribution in [-0.4, -0.2) is 10.4 Å². The van der Waals surface area contributed by atoms with Gasteiger partial charge in [-0.1, -0.05) is 48.5 Å². The van der Waals surface area contributed by atoms with Crippen LogP contribution < -0.4 is 0 Å². The zero-order chi connectivity index (χ0) is 19.7. The first-order valence-corrected chi connectivity index (χ1v) is 9.77. The number of hydrogen-bond donors (Lipinski definition) is 0. The summed E-state index contributed by atoms with van der Waals surface area (Å²) in [4.78, 5) is 15.6. The van der Waals surface area contributed by atoms with Crippen LogP contribution in [0.4, 0.5) is 0 Å². The van der Waals surface area contributed by atoms with E-state index in [1.807, 2.05) is 85.3 Å². The summed E-state index contributed by atoms with van der Waals surface area (Å²) in [6, 6.07) is 23.7. The molecule has 0 aliphatic rings. The van der Waals surface area contributed by atoms with Gasteiger partial charge in [-0.2, -0.15) is 5.26 Å². The maximum Gasteiger partial charge on any atom is 0.206 e. The molecule has 28 heavy (non-hydrogen) atoms. The maximum atomic E-state index is 13.5. The summed E-state index contributed by atoms with van der Waals surface area (Å²) in [5.74, 6) is -0.246. The Kier molecular flexibility index (Phi) is 4.68. The Morgan fingerprint density at radius 2 is 1.75 bits per heavy atom. The first-order valence-electron chi connectivity index (χ1n) is 8.96. The summed E-state index contributed by atoms with van der Waals surface area (Å²) >= 11 is 1.57. The monoisotopic (exact) mass is 382 g/mol. The summed E-state index contributed by atoms with van der Waals surface area (Å²) in [5, 5.41) is 10.6. The smallest absolute Gasteiger partial charge is 0.206 e. The molecule has 136 valence electrons. The molecule has 0 amide bonds. The number of nitrogens with zero attached hydrogens (tertiary/aromatic N) is 2. The van der Waals surface area contributed by atoms with E-state index in [4.69, 9.17) is 0 Å². The van der Waals surface area contributed by atoms with Gasteiger partial charge < -0.3 is 4.57 Å². The molecule has 4 heteroatoms. The first-order chi connectivity index (χ1) is 13.6. The highest BCUT2D eigenvalue weighted by atomic mass is 32.1. The number of fused-ring (bicyclic) bond motifs is 1. The fraction of sp³-hybridized carbons (Fsp3) is 0.0833. The van der Waals surface area contributed by atoms with Gasteiger partial charge in [-0.05, 0) is 36.8 Å². The minimum Gasteiger partial charge on any atom is -0.343 e. The molecule has 0 fully saturated rings. The molecular formula is C24H18N2OS. The van der Waals surface area contributed by atoms with E-state index in [2.05, 4.69) is 6.07 Å². The summed E-state index contributed by atoms with van der Waals surface area (Å²) < 4.78 is 2.03. The molecule has 0 spiro atoms. The normalized spacial score (nSPS) is 11.5. The fourth-order valence-electron chi connectivity index (χ4n) is 3.51. The van der Waals surface area contributed by atoms with Gasteiger partial charge in [-0.15, -0.1) is 11.3 Å². The number of nitriles is 1. The number of allylic oxidation sites excluding steroid dienone is 1. The van der Waals surface area contributed by atoms with Gasteiger partial charge in [-0.25, -0.2) is 0 Å². The van der Waals surface area contributed by atoms with Crippen LogP contribution >= 0.6 is 11.3 Å². The lowest BCUT2D eigenvalue weighted by Gasteiger charge is -2.07. The van der Waals surface area contributed by atoms with E-state index in [9.17, 15) is 10.1 Å². The predicted octanol–water partition coefficient (Wildman–Crippen LogP) is 6.01. The van der Waals surface area contributed by atoms with Gasteiger partial charge in [0.15, 0.2) is 0 Å². The minimum absolute atomic E-state index is 0.149. The van der Waals surface area contributed by atoms with Crippen molar-refractivity contribution < 1.29 is 4.79 Å². The largest absolute Gasteiger partial charge is 0.343 e. The molecule has 0 N–H and O–H groups in total. The Morgan fingerprint density at radius 3 is 2.43 bits per heavy atom. The van der Waals surface area contributed by atoms with Crippen LogP contribution in [0.15, 0.2) is 72.3 Å². The van der Waals surface area contributed by atoms with E-state index in [-0.39, 0.29) is 11.4 Å². The number of carbonyl (C=O) groups excluding carboxylic acids is 1. The van der Waals surface area contributed by atoms with E-state index in [1.54, 1.807) is 17.4 Å². The van der Waals surface area contributed by atoms with Crippen molar-refractivity contribution in [3.8, 4) is 17.3 Å². The molecule has 0 saturated heterocycles. The van der Waals surface area contributed by atoms with Crippen LogP contribution in [0.25, 0.3) is 28.2 Å². The van der Waals surface area contributed by atoms with Crippen LogP contribution in [-0.2, 0) is 7.05 Å². The van der Waals surface area contributed by atoms with Crippen molar-refractivity contribution in [1.82, 2.24) is 4.57 Å².